The van der Waals surface area contributed by atoms with E-state index in [0.717, 1.165) is 19.4 Å². The van der Waals surface area contributed by atoms with Crippen molar-refractivity contribution in [1.29, 1.82) is 0 Å². The summed E-state index contributed by atoms with van der Waals surface area (Å²) < 4.78 is 1.38. The number of hydrogen-bond donors (Lipinski definition) is 2. The number of carbonyl (C=O) groups is 1. The fourth-order valence-corrected chi connectivity index (χ4v) is 2.42. The molecule has 1 saturated heterocycles. The van der Waals surface area contributed by atoms with Crippen molar-refractivity contribution < 1.29 is 4.79 Å². The molecule has 112 valence electrons. The van der Waals surface area contributed by atoms with Gasteiger partial charge in [0.05, 0.1) is 0 Å². The second-order valence-corrected chi connectivity index (χ2v) is 4.91. The molecule has 1 fully saturated rings. The van der Waals surface area contributed by atoms with Crippen molar-refractivity contribution in [2.75, 3.05) is 13.1 Å². The summed E-state index contributed by atoms with van der Waals surface area (Å²) in [6, 6.07) is 5.56. The van der Waals surface area contributed by atoms with Crippen LogP contribution in [0.25, 0.3) is 5.65 Å². The van der Waals surface area contributed by atoms with Gasteiger partial charge < -0.3 is 10.6 Å². The first kappa shape index (κ1) is 15.5. The van der Waals surface area contributed by atoms with Crippen LogP contribution in [0.1, 0.15) is 23.2 Å². The molecule has 1 atom stereocenters. The highest BCUT2D eigenvalue weighted by Crippen LogP contribution is 2.03. The van der Waals surface area contributed by atoms with Crippen LogP contribution in [-0.2, 0) is 0 Å². The van der Waals surface area contributed by atoms with E-state index in [0.29, 0.717) is 18.2 Å². The van der Waals surface area contributed by atoms with Crippen LogP contribution in [0.2, 0.25) is 0 Å². The van der Waals surface area contributed by atoms with E-state index >= 15 is 0 Å². The third-order valence-electron chi connectivity index (χ3n) is 3.53. The van der Waals surface area contributed by atoms with Gasteiger partial charge in [0.1, 0.15) is 11.2 Å². The Morgan fingerprint density at radius 1 is 1.48 bits per heavy atom. The Morgan fingerprint density at radius 2 is 2.33 bits per heavy atom. The van der Waals surface area contributed by atoms with Crippen molar-refractivity contribution in [1.82, 2.24) is 20.0 Å². The zero-order valence-corrected chi connectivity index (χ0v) is 12.2. The first-order valence-electron chi connectivity index (χ1n) is 6.74. The second kappa shape index (κ2) is 6.69. The van der Waals surface area contributed by atoms with Gasteiger partial charge in [-0.05, 0) is 31.5 Å². The SMILES string of the molecule is Cl.O=C(NCC1CCCN1)c1cnc2ccccn2c1=O. The summed E-state index contributed by atoms with van der Waals surface area (Å²) in [5.74, 6) is -0.366. The Balaban J connectivity index is 0.00000161. The van der Waals surface area contributed by atoms with Gasteiger partial charge in [-0.1, -0.05) is 6.07 Å². The lowest BCUT2D eigenvalue weighted by atomic mass is 10.2. The smallest absolute Gasteiger partial charge is 0.270 e. The Kier molecular flexibility index (Phi) is 4.93. The fraction of sp³-hybridized carbons (Fsp3) is 0.357. The van der Waals surface area contributed by atoms with Gasteiger partial charge >= 0.3 is 0 Å². The minimum absolute atomic E-state index is 0. The van der Waals surface area contributed by atoms with Crippen LogP contribution in [0.4, 0.5) is 0 Å². The summed E-state index contributed by atoms with van der Waals surface area (Å²) in [5.41, 5.74) is 0.269. The molecule has 2 N–H and O–H groups in total. The molecule has 1 aliphatic rings. The van der Waals surface area contributed by atoms with Crippen LogP contribution in [-0.4, -0.2) is 34.4 Å². The maximum absolute atomic E-state index is 12.2. The number of amides is 1. The normalized spacial score (nSPS) is 17.4. The molecule has 0 aromatic carbocycles. The predicted molar refractivity (Wildman–Crippen MR) is 82.1 cm³/mol. The molecular weight excluding hydrogens is 292 g/mol. The Bertz CT molecular complexity index is 695. The van der Waals surface area contributed by atoms with Gasteiger partial charge in [0.15, 0.2) is 0 Å². The van der Waals surface area contributed by atoms with Gasteiger partial charge in [-0.2, -0.15) is 0 Å². The number of pyridine rings is 1. The number of carbonyl (C=O) groups excluding carboxylic acids is 1. The highest BCUT2D eigenvalue weighted by molar-refractivity contribution is 5.93. The minimum Gasteiger partial charge on any atom is -0.350 e. The molecule has 0 aliphatic carbocycles. The number of halogens is 1. The van der Waals surface area contributed by atoms with Crippen molar-refractivity contribution in [2.24, 2.45) is 0 Å². The molecule has 3 heterocycles. The minimum atomic E-state index is -0.366. The molecule has 2 aromatic rings. The molecule has 6 nitrogen and oxygen atoms in total. The summed E-state index contributed by atoms with van der Waals surface area (Å²) in [6.07, 6.45) is 5.13. The fourth-order valence-electron chi connectivity index (χ4n) is 2.42. The highest BCUT2D eigenvalue weighted by Gasteiger charge is 2.17. The first-order valence-corrected chi connectivity index (χ1v) is 6.74. The van der Waals surface area contributed by atoms with Gasteiger partial charge in [0.2, 0.25) is 0 Å². The van der Waals surface area contributed by atoms with Crippen molar-refractivity contribution >= 4 is 24.0 Å². The third-order valence-corrected chi connectivity index (χ3v) is 3.53. The first-order chi connectivity index (χ1) is 9.75. The topological polar surface area (TPSA) is 75.5 Å². The molecule has 0 radical (unpaired) electrons. The zero-order valence-electron chi connectivity index (χ0n) is 11.4. The quantitative estimate of drug-likeness (QED) is 0.870. The van der Waals surface area contributed by atoms with E-state index in [1.165, 1.54) is 10.6 Å². The number of nitrogens with one attached hydrogen (secondary N) is 2. The maximum Gasteiger partial charge on any atom is 0.270 e. The molecule has 1 unspecified atom stereocenters. The zero-order chi connectivity index (χ0) is 13.9. The van der Waals surface area contributed by atoms with Gasteiger partial charge in [-0.3, -0.25) is 14.0 Å². The monoisotopic (exact) mass is 308 g/mol. The predicted octanol–water partition coefficient (Wildman–Crippen LogP) is 0.598. The molecule has 21 heavy (non-hydrogen) atoms. The molecular formula is C14H17ClN4O2. The summed E-state index contributed by atoms with van der Waals surface area (Å²) in [7, 11) is 0. The molecule has 0 spiro atoms. The lowest BCUT2D eigenvalue weighted by Crippen LogP contribution is -2.39. The molecule has 1 aliphatic heterocycles. The average Bonchev–Trinajstić information content (AvgIpc) is 2.99. The summed E-state index contributed by atoms with van der Waals surface area (Å²) in [5, 5.41) is 6.09. The second-order valence-electron chi connectivity index (χ2n) is 4.91. The standard InChI is InChI=1S/C14H16N4O2.ClH/c19-13(17-8-10-4-3-6-15-10)11-9-16-12-5-1-2-7-18(12)14(11)20;/h1-2,5,7,9-10,15H,3-4,6,8H2,(H,17,19);1H. The molecule has 1 amide bonds. The number of fused-ring (bicyclic) bond motifs is 1. The largest absolute Gasteiger partial charge is 0.350 e. The summed E-state index contributed by atoms with van der Waals surface area (Å²) >= 11 is 0. The van der Waals surface area contributed by atoms with E-state index in [1.54, 1.807) is 24.4 Å². The molecule has 2 aromatic heterocycles. The van der Waals surface area contributed by atoms with Crippen LogP contribution in [0.5, 0.6) is 0 Å². The lowest BCUT2D eigenvalue weighted by Gasteiger charge is -2.11. The van der Waals surface area contributed by atoms with Gasteiger partial charge in [0.25, 0.3) is 11.5 Å². The third kappa shape index (κ3) is 3.22. The van der Waals surface area contributed by atoms with Gasteiger partial charge in [-0.15, -0.1) is 12.4 Å². The van der Waals surface area contributed by atoms with E-state index < -0.39 is 0 Å². The number of nitrogens with zero attached hydrogens (tertiary/aromatic N) is 2. The number of rotatable bonds is 3. The average molecular weight is 309 g/mol. The Labute approximate surface area is 128 Å². The molecule has 3 rings (SSSR count). The van der Waals surface area contributed by atoms with E-state index in [-0.39, 0.29) is 29.4 Å². The van der Waals surface area contributed by atoms with Crippen LogP contribution in [0, 0.1) is 0 Å². The van der Waals surface area contributed by atoms with Gasteiger partial charge in [-0.25, -0.2) is 4.98 Å². The van der Waals surface area contributed by atoms with Crippen molar-refractivity contribution in [3.63, 3.8) is 0 Å². The number of aromatic nitrogens is 2. The Hall–Kier alpha value is -1.92. The van der Waals surface area contributed by atoms with Crippen LogP contribution >= 0.6 is 12.4 Å². The van der Waals surface area contributed by atoms with Crippen LogP contribution in [0.3, 0.4) is 0 Å². The van der Waals surface area contributed by atoms with E-state index in [2.05, 4.69) is 15.6 Å². The molecule has 7 heteroatoms. The Morgan fingerprint density at radius 3 is 3.10 bits per heavy atom. The van der Waals surface area contributed by atoms with E-state index in [9.17, 15) is 9.59 Å². The summed E-state index contributed by atoms with van der Waals surface area (Å²) in [6.45, 7) is 1.52. The van der Waals surface area contributed by atoms with Crippen LogP contribution < -0.4 is 16.2 Å². The summed E-state index contributed by atoms with van der Waals surface area (Å²) in [4.78, 5) is 28.4. The van der Waals surface area contributed by atoms with E-state index in [4.69, 9.17) is 0 Å². The number of hydrogen-bond acceptors (Lipinski definition) is 4. The highest BCUT2D eigenvalue weighted by atomic mass is 35.5. The van der Waals surface area contributed by atoms with Crippen molar-refractivity contribution in [3.8, 4) is 0 Å². The van der Waals surface area contributed by atoms with Gasteiger partial charge in [0, 0.05) is 25.0 Å². The van der Waals surface area contributed by atoms with Crippen molar-refractivity contribution in [3.05, 3.63) is 46.5 Å². The van der Waals surface area contributed by atoms with Crippen molar-refractivity contribution in [2.45, 2.75) is 18.9 Å². The molecule has 0 saturated carbocycles. The van der Waals surface area contributed by atoms with Crippen LogP contribution in [0.15, 0.2) is 35.4 Å². The lowest BCUT2D eigenvalue weighted by molar-refractivity contribution is 0.0948. The maximum atomic E-state index is 12.2. The van der Waals surface area contributed by atoms with E-state index in [1.807, 2.05) is 0 Å². The molecule has 0 bridgehead atoms.